The molecular weight excluding hydrogens is 227 g/mol. The van der Waals surface area contributed by atoms with E-state index in [2.05, 4.69) is 6.92 Å². The fraction of sp³-hybridized carbons (Fsp3) is 1.00. The van der Waals surface area contributed by atoms with Crippen molar-refractivity contribution in [1.82, 2.24) is 0 Å². The lowest BCUT2D eigenvalue weighted by atomic mass is 10.2. The maximum atomic E-state index is 8.84. The van der Waals surface area contributed by atoms with Crippen LogP contribution in [-0.2, 0) is 0 Å². The number of rotatable bonds is 5. The summed E-state index contributed by atoms with van der Waals surface area (Å²) in [5.41, 5.74) is 0. The van der Waals surface area contributed by atoms with Crippen molar-refractivity contribution in [2.45, 2.75) is 43.1 Å². The quantitative estimate of drug-likeness (QED) is 0.446. The Morgan fingerprint density at radius 2 is 2.00 bits per heavy atom. The largest absolute Gasteiger partial charge is 0.383 e. The van der Waals surface area contributed by atoms with E-state index in [0.717, 1.165) is 6.42 Å². The maximum absolute atomic E-state index is 8.84. The summed E-state index contributed by atoms with van der Waals surface area (Å²) in [6, 6.07) is 0. The summed E-state index contributed by atoms with van der Waals surface area (Å²) in [5.74, 6) is 0. The van der Waals surface area contributed by atoms with Crippen LogP contribution in [0.25, 0.3) is 0 Å². The summed E-state index contributed by atoms with van der Waals surface area (Å²) >= 11 is 2.05. The van der Waals surface area contributed by atoms with Crippen LogP contribution in [0.3, 0.4) is 0 Å². The molecule has 0 heterocycles. The third-order valence-corrected chi connectivity index (χ3v) is 1.92. The van der Waals surface area contributed by atoms with Crippen LogP contribution in [0.15, 0.2) is 0 Å². The molecule has 0 aliphatic heterocycles. The molecule has 0 aliphatic rings. The van der Waals surface area contributed by atoms with Crippen molar-refractivity contribution >= 4 is 22.6 Å². The van der Waals surface area contributed by atoms with Gasteiger partial charge in [-0.1, -0.05) is 55.2 Å². The van der Waals surface area contributed by atoms with Gasteiger partial charge < -0.3 is 5.11 Å². The highest BCUT2D eigenvalue weighted by atomic mass is 127. The molecule has 1 atom stereocenters. The van der Waals surface area contributed by atoms with E-state index in [1.165, 1.54) is 25.7 Å². The molecule has 0 bridgehead atoms. The van der Waals surface area contributed by atoms with Gasteiger partial charge in [-0.3, -0.25) is 0 Å². The molecule has 1 N–H and O–H groups in total. The third kappa shape index (κ3) is 8.69. The van der Waals surface area contributed by atoms with Crippen molar-refractivity contribution < 1.29 is 5.11 Å². The van der Waals surface area contributed by atoms with Crippen LogP contribution in [0.4, 0.5) is 0 Å². The highest BCUT2D eigenvalue weighted by Crippen LogP contribution is 2.08. The average Bonchev–Trinajstić information content (AvgIpc) is 1.80. The molecule has 1 nitrogen and oxygen atoms in total. The zero-order chi connectivity index (χ0) is 7.11. The minimum Gasteiger partial charge on any atom is -0.383 e. The second-order valence-electron chi connectivity index (χ2n) is 2.28. The predicted octanol–water partition coefficient (Wildman–Crippen LogP) is 2.71. The first kappa shape index (κ1) is 9.69. The molecule has 0 spiro atoms. The molecule has 0 radical (unpaired) electrons. The van der Waals surface area contributed by atoms with Crippen molar-refractivity contribution in [3.8, 4) is 0 Å². The molecule has 0 rings (SSSR count). The normalized spacial score (nSPS) is 13.7. The van der Waals surface area contributed by atoms with Gasteiger partial charge in [0.25, 0.3) is 0 Å². The number of hydrogen-bond acceptors (Lipinski definition) is 1. The Hall–Kier alpha value is 0.690. The molecule has 0 fully saturated rings. The fourth-order valence-corrected chi connectivity index (χ4v) is 1.18. The lowest BCUT2D eigenvalue weighted by Gasteiger charge is -1.99. The summed E-state index contributed by atoms with van der Waals surface area (Å²) in [5, 5.41) is 8.84. The Bertz CT molecular complexity index is 54.9. The second kappa shape index (κ2) is 6.81. The van der Waals surface area contributed by atoms with E-state index in [-0.39, 0.29) is 4.11 Å². The summed E-state index contributed by atoms with van der Waals surface area (Å²) in [6.45, 7) is 2.19. The van der Waals surface area contributed by atoms with E-state index in [4.69, 9.17) is 5.11 Å². The van der Waals surface area contributed by atoms with E-state index >= 15 is 0 Å². The Kier molecular flexibility index (Phi) is 7.33. The molecule has 0 aliphatic carbocycles. The van der Waals surface area contributed by atoms with E-state index < -0.39 is 0 Å². The van der Waals surface area contributed by atoms with E-state index in [1.54, 1.807) is 0 Å². The van der Waals surface area contributed by atoms with Gasteiger partial charge in [-0.25, -0.2) is 0 Å². The van der Waals surface area contributed by atoms with Gasteiger partial charge >= 0.3 is 0 Å². The average molecular weight is 242 g/mol. The van der Waals surface area contributed by atoms with Gasteiger partial charge in [0.1, 0.15) is 4.11 Å². The zero-order valence-corrected chi connectivity index (χ0v) is 8.10. The fourth-order valence-electron chi connectivity index (χ4n) is 0.740. The molecule has 9 heavy (non-hydrogen) atoms. The monoisotopic (exact) mass is 242 g/mol. The van der Waals surface area contributed by atoms with Crippen LogP contribution < -0.4 is 0 Å². The van der Waals surface area contributed by atoms with E-state index in [0.29, 0.717) is 0 Å². The number of hydrogen-bond donors (Lipinski definition) is 1. The van der Waals surface area contributed by atoms with Gasteiger partial charge in [-0.2, -0.15) is 0 Å². The highest BCUT2D eigenvalue weighted by molar-refractivity contribution is 14.1. The smallest absolute Gasteiger partial charge is 0.105 e. The number of aliphatic hydroxyl groups excluding tert-OH is 1. The van der Waals surface area contributed by atoms with E-state index in [1.807, 2.05) is 22.6 Å². The summed E-state index contributed by atoms with van der Waals surface area (Å²) in [4.78, 5) is 0. The van der Waals surface area contributed by atoms with Gasteiger partial charge in [-0.15, -0.1) is 0 Å². The number of alkyl halides is 1. The molecule has 0 saturated carbocycles. The molecule has 1 unspecified atom stereocenters. The standard InChI is InChI=1S/C7H15IO/c1-2-3-4-5-6-7(8)9/h7,9H,2-6H2,1H3. The number of halogens is 1. The van der Waals surface area contributed by atoms with Crippen LogP contribution >= 0.6 is 22.6 Å². The lowest BCUT2D eigenvalue weighted by Crippen LogP contribution is -1.93. The molecule has 0 amide bonds. The minimum absolute atomic E-state index is 0.126. The SMILES string of the molecule is CCCCCCC(O)I. The van der Waals surface area contributed by atoms with Gasteiger partial charge in [0, 0.05) is 0 Å². The molecule has 0 aromatic carbocycles. The Morgan fingerprint density at radius 3 is 2.44 bits per heavy atom. The second-order valence-corrected chi connectivity index (χ2v) is 3.72. The maximum Gasteiger partial charge on any atom is 0.105 e. The van der Waals surface area contributed by atoms with Gasteiger partial charge in [0.05, 0.1) is 0 Å². The van der Waals surface area contributed by atoms with Crippen molar-refractivity contribution in [2.24, 2.45) is 0 Å². The number of unbranched alkanes of at least 4 members (excludes halogenated alkanes) is 3. The van der Waals surface area contributed by atoms with Gasteiger partial charge in [0.2, 0.25) is 0 Å². The molecular formula is C7H15IO. The first-order valence-electron chi connectivity index (χ1n) is 3.59. The number of aliphatic hydroxyl groups is 1. The Balaban J connectivity index is 2.75. The van der Waals surface area contributed by atoms with Crippen LogP contribution in [0, 0.1) is 0 Å². The highest BCUT2D eigenvalue weighted by Gasteiger charge is 1.94. The van der Waals surface area contributed by atoms with Crippen LogP contribution in [0.2, 0.25) is 0 Å². The Morgan fingerprint density at radius 1 is 1.33 bits per heavy atom. The Labute approximate surface area is 71.0 Å². The van der Waals surface area contributed by atoms with E-state index in [9.17, 15) is 0 Å². The van der Waals surface area contributed by atoms with Crippen LogP contribution in [0.1, 0.15) is 39.0 Å². The summed E-state index contributed by atoms with van der Waals surface area (Å²) < 4.78 is -0.126. The summed E-state index contributed by atoms with van der Waals surface area (Å²) in [7, 11) is 0. The van der Waals surface area contributed by atoms with Crippen molar-refractivity contribution in [3.05, 3.63) is 0 Å². The van der Waals surface area contributed by atoms with Gasteiger partial charge in [-0.05, 0) is 6.42 Å². The zero-order valence-electron chi connectivity index (χ0n) is 5.94. The molecule has 0 aromatic rings. The predicted molar refractivity (Wildman–Crippen MR) is 48.8 cm³/mol. The first-order valence-corrected chi connectivity index (χ1v) is 4.84. The minimum atomic E-state index is -0.126. The third-order valence-electron chi connectivity index (χ3n) is 1.30. The van der Waals surface area contributed by atoms with Crippen LogP contribution in [0.5, 0.6) is 0 Å². The summed E-state index contributed by atoms with van der Waals surface area (Å²) in [6.07, 6.45) is 6.00. The van der Waals surface area contributed by atoms with Crippen LogP contribution in [-0.4, -0.2) is 9.22 Å². The van der Waals surface area contributed by atoms with Crippen molar-refractivity contribution in [2.75, 3.05) is 0 Å². The van der Waals surface area contributed by atoms with Crippen molar-refractivity contribution in [1.29, 1.82) is 0 Å². The first-order chi connectivity index (χ1) is 4.27. The molecule has 56 valence electrons. The van der Waals surface area contributed by atoms with Gasteiger partial charge in [0.15, 0.2) is 0 Å². The van der Waals surface area contributed by atoms with Crippen molar-refractivity contribution in [3.63, 3.8) is 0 Å². The topological polar surface area (TPSA) is 20.2 Å². The lowest BCUT2D eigenvalue weighted by molar-refractivity contribution is 0.263. The molecule has 2 heteroatoms. The molecule has 0 aromatic heterocycles. The molecule has 0 saturated heterocycles.